The number of benzene rings is 1. The summed E-state index contributed by atoms with van der Waals surface area (Å²) in [5.41, 5.74) is 2.24. The van der Waals surface area contributed by atoms with Crippen LogP contribution in [0.15, 0.2) is 57.7 Å². The lowest BCUT2D eigenvalue weighted by atomic mass is 9.53. The van der Waals surface area contributed by atoms with Gasteiger partial charge >= 0.3 is 0 Å². The van der Waals surface area contributed by atoms with Gasteiger partial charge in [-0.1, -0.05) is 29.4 Å². The van der Waals surface area contributed by atoms with Crippen molar-refractivity contribution in [3.05, 3.63) is 54.4 Å². The molecule has 4 aliphatic rings. The predicted octanol–water partition coefficient (Wildman–Crippen LogP) is 5.30. The molecule has 2 aromatic heterocycles. The van der Waals surface area contributed by atoms with Gasteiger partial charge in [-0.3, -0.25) is 4.79 Å². The summed E-state index contributed by atoms with van der Waals surface area (Å²) < 4.78 is 10.9. The highest BCUT2D eigenvalue weighted by molar-refractivity contribution is 5.93. The molecule has 0 radical (unpaired) electrons. The van der Waals surface area contributed by atoms with Crippen LogP contribution < -0.4 is 5.32 Å². The first-order chi connectivity index (χ1) is 14.2. The van der Waals surface area contributed by atoms with Crippen LogP contribution in [-0.4, -0.2) is 16.6 Å². The van der Waals surface area contributed by atoms with Gasteiger partial charge in [0, 0.05) is 22.7 Å². The van der Waals surface area contributed by atoms with Crippen LogP contribution in [0.2, 0.25) is 0 Å². The molecular weight excluding hydrogens is 364 g/mol. The van der Waals surface area contributed by atoms with Gasteiger partial charge in [-0.2, -0.15) is 0 Å². The first-order valence-corrected chi connectivity index (χ1v) is 10.6. The number of nitrogens with one attached hydrogen (secondary N) is 1. The SMILES string of the molecule is O=C(NC12CC3CC(CC(C3)C1)C2)c1cc(-c2ccc(-c3ccco3)cc2)on1. The molecule has 0 unspecified atom stereocenters. The minimum atomic E-state index is -0.103. The lowest BCUT2D eigenvalue weighted by Gasteiger charge is -2.56. The van der Waals surface area contributed by atoms with E-state index >= 15 is 0 Å². The van der Waals surface area contributed by atoms with Gasteiger partial charge in [0.2, 0.25) is 0 Å². The second kappa shape index (κ2) is 6.34. The Hall–Kier alpha value is -2.82. The molecule has 1 amide bonds. The molecule has 0 atom stereocenters. The highest BCUT2D eigenvalue weighted by atomic mass is 16.5. The maximum atomic E-state index is 12.9. The van der Waals surface area contributed by atoms with Crippen molar-refractivity contribution in [2.45, 2.75) is 44.1 Å². The van der Waals surface area contributed by atoms with Crippen LogP contribution in [0, 0.1) is 17.8 Å². The summed E-state index contributed by atoms with van der Waals surface area (Å²) in [6.45, 7) is 0. The lowest BCUT2D eigenvalue weighted by Crippen LogP contribution is -2.59. The molecule has 148 valence electrons. The Morgan fingerprint density at radius 2 is 1.55 bits per heavy atom. The largest absolute Gasteiger partial charge is 0.464 e. The number of carbonyl (C=O) groups excluding carboxylic acids is 1. The van der Waals surface area contributed by atoms with Gasteiger partial charge < -0.3 is 14.3 Å². The van der Waals surface area contributed by atoms with Gasteiger partial charge in [-0.05, 0) is 68.4 Å². The molecular formula is C24H24N2O3. The van der Waals surface area contributed by atoms with Crippen molar-refractivity contribution < 1.29 is 13.7 Å². The van der Waals surface area contributed by atoms with Gasteiger partial charge in [-0.25, -0.2) is 0 Å². The van der Waals surface area contributed by atoms with Crippen LogP contribution in [-0.2, 0) is 0 Å². The van der Waals surface area contributed by atoms with Crippen molar-refractivity contribution >= 4 is 5.91 Å². The van der Waals surface area contributed by atoms with E-state index < -0.39 is 0 Å². The normalized spacial score (nSPS) is 29.9. The molecule has 7 rings (SSSR count). The smallest absolute Gasteiger partial charge is 0.273 e. The molecule has 0 spiro atoms. The Kier molecular flexibility index (Phi) is 3.73. The van der Waals surface area contributed by atoms with Crippen molar-refractivity contribution in [1.82, 2.24) is 10.5 Å². The van der Waals surface area contributed by atoms with Crippen molar-refractivity contribution in [2.75, 3.05) is 0 Å². The first-order valence-electron chi connectivity index (χ1n) is 10.6. The van der Waals surface area contributed by atoms with Crippen LogP contribution in [0.4, 0.5) is 0 Å². The summed E-state index contributed by atoms with van der Waals surface area (Å²) in [5, 5.41) is 7.42. The van der Waals surface area contributed by atoms with E-state index in [-0.39, 0.29) is 11.4 Å². The summed E-state index contributed by atoms with van der Waals surface area (Å²) in [7, 11) is 0. The molecule has 0 saturated heterocycles. The lowest BCUT2D eigenvalue weighted by molar-refractivity contribution is -0.0168. The van der Waals surface area contributed by atoms with Gasteiger partial charge in [0.15, 0.2) is 11.5 Å². The van der Waals surface area contributed by atoms with Crippen molar-refractivity contribution in [3.8, 4) is 22.6 Å². The summed E-state index contributed by atoms with van der Waals surface area (Å²) in [6, 6.07) is 13.4. The topological polar surface area (TPSA) is 68.3 Å². The van der Waals surface area contributed by atoms with E-state index in [0.717, 1.165) is 53.9 Å². The van der Waals surface area contributed by atoms with E-state index in [1.165, 1.54) is 19.3 Å². The van der Waals surface area contributed by atoms with Crippen LogP contribution in [0.1, 0.15) is 49.0 Å². The zero-order valence-corrected chi connectivity index (χ0v) is 16.3. The van der Waals surface area contributed by atoms with Crippen molar-refractivity contribution in [2.24, 2.45) is 17.8 Å². The molecule has 29 heavy (non-hydrogen) atoms. The molecule has 1 aromatic carbocycles. The molecule has 4 aliphatic carbocycles. The third-order valence-corrected chi connectivity index (χ3v) is 7.13. The fraction of sp³-hybridized carbons (Fsp3) is 0.417. The number of carbonyl (C=O) groups is 1. The number of rotatable bonds is 4. The second-order valence-corrected chi connectivity index (χ2v) is 9.28. The number of nitrogens with zero attached hydrogens (tertiary/aromatic N) is 1. The van der Waals surface area contributed by atoms with E-state index in [0.29, 0.717) is 11.5 Å². The van der Waals surface area contributed by atoms with Crippen LogP contribution in [0.25, 0.3) is 22.6 Å². The van der Waals surface area contributed by atoms with E-state index in [2.05, 4.69) is 10.5 Å². The molecule has 3 aromatic rings. The Balaban J connectivity index is 1.19. The fourth-order valence-corrected chi connectivity index (χ4v) is 6.33. The van der Waals surface area contributed by atoms with Crippen LogP contribution >= 0.6 is 0 Å². The van der Waals surface area contributed by atoms with E-state index in [1.807, 2.05) is 36.4 Å². The first kappa shape index (κ1) is 17.1. The van der Waals surface area contributed by atoms with Crippen molar-refractivity contribution in [3.63, 3.8) is 0 Å². The third kappa shape index (κ3) is 3.00. The molecule has 0 aliphatic heterocycles. The maximum absolute atomic E-state index is 12.9. The van der Waals surface area contributed by atoms with Gasteiger partial charge in [0.25, 0.3) is 5.91 Å². The molecule has 4 bridgehead atoms. The summed E-state index contributed by atoms with van der Waals surface area (Å²) in [4.78, 5) is 12.9. The summed E-state index contributed by atoms with van der Waals surface area (Å²) in [6.07, 6.45) is 9.12. The Morgan fingerprint density at radius 3 is 2.14 bits per heavy atom. The zero-order chi connectivity index (χ0) is 19.4. The summed E-state index contributed by atoms with van der Waals surface area (Å²) >= 11 is 0. The van der Waals surface area contributed by atoms with Crippen LogP contribution in [0.5, 0.6) is 0 Å². The number of amides is 1. The second-order valence-electron chi connectivity index (χ2n) is 9.28. The van der Waals surface area contributed by atoms with Gasteiger partial charge in [0.1, 0.15) is 5.76 Å². The Labute approximate surface area is 169 Å². The van der Waals surface area contributed by atoms with Crippen LogP contribution in [0.3, 0.4) is 0 Å². The number of furan rings is 1. The molecule has 2 heterocycles. The molecule has 5 heteroatoms. The van der Waals surface area contributed by atoms with Gasteiger partial charge in [-0.15, -0.1) is 0 Å². The highest BCUT2D eigenvalue weighted by Gasteiger charge is 2.51. The average Bonchev–Trinajstić information content (AvgIpc) is 3.39. The molecule has 4 fully saturated rings. The standard InChI is InChI=1S/C24H24N2O3/c27-23(25-24-12-15-8-16(13-24)10-17(9-15)14-24)20-11-22(29-26-20)19-5-3-18(4-6-19)21-2-1-7-28-21/h1-7,11,15-17H,8-10,12-14H2,(H,25,27). The van der Waals surface area contributed by atoms with Crippen molar-refractivity contribution in [1.29, 1.82) is 0 Å². The third-order valence-electron chi connectivity index (χ3n) is 7.13. The minimum absolute atomic E-state index is 0.0182. The quantitative estimate of drug-likeness (QED) is 0.658. The van der Waals surface area contributed by atoms with Gasteiger partial charge in [0.05, 0.1) is 6.26 Å². The number of hydrogen-bond donors (Lipinski definition) is 1. The van der Waals surface area contributed by atoms with E-state index in [9.17, 15) is 4.79 Å². The molecule has 1 N–H and O–H groups in total. The predicted molar refractivity (Wildman–Crippen MR) is 108 cm³/mol. The zero-order valence-electron chi connectivity index (χ0n) is 16.3. The minimum Gasteiger partial charge on any atom is -0.464 e. The molecule has 4 saturated carbocycles. The Morgan fingerprint density at radius 1 is 0.931 bits per heavy atom. The van der Waals surface area contributed by atoms with E-state index in [1.54, 1.807) is 12.3 Å². The summed E-state index contributed by atoms with van der Waals surface area (Å²) in [5.74, 6) is 3.71. The Bertz CT molecular complexity index is 997. The molecule has 5 nitrogen and oxygen atoms in total. The monoisotopic (exact) mass is 388 g/mol. The number of aromatic nitrogens is 1. The maximum Gasteiger partial charge on any atom is 0.273 e. The van der Waals surface area contributed by atoms with E-state index in [4.69, 9.17) is 8.94 Å². The number of hydrogen-bond acceptors (Lipinski definition) is 4. The fourth-order valence-electron chi connectivity index (χ4n) is 6.33. The average molecular weight is 388 g/mol. The highest BCUT2D eigenvalue weighted by Crippen LogP contribution is 2.55.